The van der Waals surface area contributed by atoms with Crippen LogP contribution < -0.4 is 15.8 Å². The van der Waals surface area contributed by atoms with E-state index in [2.05, 4.69) is 5.32 Å². The Balaban J connectivity index is 0.00000288. The SMILES string of the molecule is CCOc1cccc2cc(C(C)NC(=O)[C@@H](N)C(C)(C)C)oc12.Cl. The maximum atomic E-state index is 12.3. The zero-order chi connectivity index (χ0) is 17.2. The molecule has 1 heterocycles. The van der Waals surface area contributed by atoms with E-state index < -0.39 is 6.04 Å². The Labute approximate surface area is 149 Å². The van der Waals surface area contributed by atoms with Crippen molar-refractivity contribution >= 4 is 29.3 Å². The summed E-state index contributed by atoms with van der Waals surface area (Å²) < 4.78 is 11.5. The maximum Gasteiger partial charge on any atom is 0.238 e. The van der Waals surface area contributed by atoms with Crippen molar-refractivity contribution in [1.82, 2.24) is 5.32 Å². The van der Waals surface area contributed by atoms with Crippen molar-refractivity contribution in [2.24, 2.45) is 11.1 Å². The molecule has 0 saturated carbocycles. The van der Waals surface area contributed by atoms with Gasteiger partial charge in [0, 0.05) is 5.39 Å². The fraction of sp³-hybridized carbons (Fsp3) is 0.500. The summed E-state index contributed by atoms with van der Waals surface area (Å²) in [5.41, 5.74) is 6.40. The van der Waals surface area contributed by atoms with Gasteiger partial charge < -0.3 is 20.2 Å². The lowest BCUT2D eigenvalue weighted by atomic mass is 9.87. The van der Waals surface area contributed by atoms with Gasteiger partial charge in [0.15, 0.2) is 11.3 Å². The van der Waals surface area contributed by atoms with Crippen LogP contribution in [0.4, 0.5) is 0 Å². The van der Waals surface area contributed by atoms with Crippen molar-refractivity contribution < 1.29 is 13.9 Å². The molecule has 1 unspecified atom stereocenters. The zero-order valence-corrected chi connectivity index (χ0v) is 15.7. The molecule has 0 radical (unpaired) electrons. The quantitative estimate of drug-likeness (QED) is 0.856. The number of carbonyl (C=O) groups is 1. The average molecular weight is 355 g/mol. The molecule has 134 valence electrons. The number of benzene rings is 1. The van der Waals surface area contributed by atoms with Crippen LogP contribution in [0.2, 0.25) is 0 Å². The van der Waals surface area contributed by atoms with E-state index in [1.807, 2.05) is 58.9 Å². The number of hydrogen-bond donors (Lipinski definition) is 2. The highest BCUT2D eigenvalue weighted by Crippen LogP contribution is 2.31. The van der Waals surface area contributed by atoms with Crippen LogP contribution in [0.15, 0.2) is 28.7 Å². The van der Waals surface area contributed by atoms with Crippen molar-refractivity contribution in [2.75, 3.05) is 6.61 Å². The number of nitrogens with one attached hydrogen (secondary N) is 1. The molecule has 0 spiro atoms. The third-order valence-electron chi connectivity index (χ3n) is 3.83. The summed E-state index contributed by atoms with van der Waals surface area (Å²) in [4.78, 5) is 12.3. The Morgan fingerprint density at radius 1 is 1.38 bits per heavy atom. The van der Waals surface area contributed by atoms with Crippen molar-refractivity contribution in [3.8, 4) is 5.75 Å². The molecule has 1 aromatic heterocycles. The molecule has 0 aliphatic carbocycles. The van der Waals surface area contributed by atoms with Gasteiger partial charge in [-0.1, -0.05) is 32.9 Å². The summed E-state index contributed by atoms with van der Waals surface area (Å²) in [6.45, 7) is 10.2. The van der Waals surface area contributed by atoms with Crippen LogP contribution in [0.3, 0.4) is 0 Å². The molecule has 6 heteroatoms. The maximum absolute atomic E-state index is 12.3. The highest BCUT2D eigenvalue weighted by molar-refractivity contribution is 5.85. The van der Waals surface area contributed by atoms with Crippen molar-refractivity contribution in [1.29, 1.82) is 0 Å². The van der Waals surface area contributed by atoms with Gasteiger partial charge in [0.25, 0.3) is 0 Å². The van der Waals surface area contributed by atoms with E-state index in [9.17, 15) is 4.79 Å². The monoisotopic (exact) mass is 354 g/mol. The highest BCUT2D eigenvalue weighted by Gasteiger charge is 2.29. The molecule has 1 amide bonds. The molecular weight excluding hydrogens is 328 g/mol. The predicted octanol–water partition coefficient (Wildman–Crippen LogP) is 3.80. The number of carbonyl (C=O) groups excluding carboxylic acids is 1. The number of ether oxygens (including phenoxy) is 1. The van der Waals surface area contributed by atoms with E-state index in [0.29, 0.717) is 23.7 Å². The van der Waals surface area contributed by atoms with E-state index in [-0.39, 0.29) is 29.8 Å². The largest absolute Gasteiger partial charge is 0.490 e. The summed E-state index contributed by atoms with van der Waals surface area (Å²) in [7, 11) is 0. The number of fused-ring (bicyclic) bond motifs is 1. The van der Waals surface area contributed by atoms with E-state index in [4.69, 9.17) is 14.9 Å². The fourth-order valence-corrected chi connectivity index (χ4v) is 2.31. The first-order valence-electron chi connectivity index (χ1n) is 7.95. The zero-order valence-electron chi connectivity index (χ0n) is 14.9. The lowest BCUT2D eigenvalue weighted by Crippen LogP contribution is -2.49. The van der Waals surface area contributed by atoms with Gasteiger partial charge in [-0.2, -0.15) is 0 Å². The smallest absolute Gasteiger partial charge is 0.238 e. The van der Waals surface area contributed by atoms with Crippen LogP contribution in [-0.4, -0.2) is 18.6 Å². The number of amides is 1. The number of nitrogens with two attached hydrogens (primary N) is 1. The molecule has 0 fully saturated rings. The summed E-state index contributed by atoms with van der Waals surface area (Å²) >= 11 is 0. The van der Waals surface area contributed by atoms with Crippen LogP contribution in [0.1, 0.15) is 46.4 Å². The lowest BCUT2D eigenvalue weighted by Gasteiger charge is -2.27. The van der Waals surface area contributed by atoms with Gasteiger partial charge in [0.1, 0.15) is 5.76 Å². The Morgan fingerprint density at radius 2 is 2.04 bits per heavy atom. The van der Waals surface area contributed by atoms with Gasteiger partial charge >= 0.3 is 0 Å². The van der Waals surface area contributed by atoms with E-state index in [1.54, 1.807) is 0 Å². The van der Waals surface area contributed by atoms with Crippen molar-refractivity contribution in [2.45, 2.75) is 46.7 Å². The third-order valence-corrected chi connectivity index (χ3v) is 3.83. The summed E-state index contributed by atoms with van der Waals surface area (Å²) in [5, 5.41) is 3.87. The molecule has 2 atom stereocenters. The van der Waals surface area contributed by atoms with Gasteiger partial charge in [-0.25, -0.2) is 0 Å². The van der Waals surface area contributed by atoms with Crippen molar-refractivity contribution in [3.05, 3.63) is 30.0 Å². The molecule has 0 aliphatic rings. The second-order valence-corrected chi connectivity index (χ2v) is 6.83. The number of halogens is 1. The van der Waals surface area contributed by atoms with Gasteiger partial charge in [0.05, 0.1) is 18.7 Å². The van der Waals surface area contributed by atoms with E-state index >= 15 is 0 Å². The van der Waals surface area contributed by atoms with E-state index in [1.165, 1.54) is 0 Å². The second kappa shape index (κ2) is 7.90. The van der Waals surface area contributed by atoms with Crippen LogP contribution >= 0.6 is 12.4 Å². The minimum atomic E-state index is -0.576. The van der Waals surface area contributed by atoms with Crippen LogP contribution in [0.5, 0.6) is 5.75 Å². The first kappa shape index (κ1) is 20.3. The molecule has 2 aromatic rings. The molecule has 0 bridgehead atoms. The number of furan rings is 1. The molecule has 24 heavy (non-hydrogen) atoms. The Bertz CT molecular complexity index is 691. The summed E-state index contributed by atoms with van der Waals surface area (Å²) in [5.74, 6) is 1.21. The topological polar surface area (TPSA) is 77.5 Å². The molecule has 3 N–H and O–H groups in total. The number of para-hydroxylation sites is 1. The second-order valence-electron chi connectivity index (χ2n) is 6.83. The Kier molecular flexibility index (Phi) is 6.69. The third kappa shape index (κ3) is 4.42. The first-order valence-corrected chi connectivity index (χ1v) is 7.95. The van der Waals surface area contributed by atoms with Crippen LogP contribution in [0.25, 0.3) is 11.0 Å². The predicted molar refractivity (Wildman–Crippen MR) is 98.6 cm³/mol. The fourth-order valence-electron chi connectivity index (χ4n) is 2.31. The summed E-state index contributed by atoms with van der Waals surface area (Å²) in [6.07, 6.45) is 0. The average Bonchev–Trinajstić information content (AvgIpc) is 2.91. The Hall–Kier alpha value is -1.72. The highest BCUT2D eigenvalue weighted by atomic mass is 35.5. The number of hydrogen-bond acceptors (Lipinski definition) is 4. The molecule has 0 aliphatic heterocycles. The van der Waals surface area contributed by atoms with Gasteiger partial charge in [0.2, 0.25) is 5.91 Å². The van der Waals surface area contributed by atoms with Crippen molar-refractivity contribution in [3.63, 3.8) is 0 Å². The minimum absolute atomic E-state index is 0. The van der Waals surface area contributed by atoms with Gasteiger partial charge in [-0.15, -0.1) is 12.4 Å². The van der Waals surface area contributed by atoms with Gasteiger partial charge in [-0.3, -0.25) is 4.79 Å². The molecule has 0 saturated heterocycles. The number of rotatable bonds is 5. The normalized spacial score (nSPS) is 13.9. The molecular formula is C18H27ClN2O3. The Morgan fingerprint density at radius 3 is 2.62 bits per heavy atom. The minimum Gasteiger partial charge on any atom is -0.490 e. The lowest BCUT2D eigenvalue weighted by molar-refractivity contribution is -0.125. The molecule has 2 rings (SSSR count). The van der Waals surface area contributed by atoms with Crippen LogP contribution in [0, 0.1) is 5.41 Å². The van der Waals surface area contributed by atoms with Crippen LogP contribution in [-0.2, 0) is 4.79 Å². The van der Waals surface area contributed by atoms with E-state index in [0.717, 1.165) is 5.39 Å². The molecule has 1 aromatic carbocycles. The van der Waals surface area contributed by atoms with Gasteiger partial charge in [-0.05, 0) is 31.4 Å². The standard InChI is InChI=1S/C18H26N2O3.ClH/c1-6-22-13-9-7-8-12-10-14(23-15(12)13)11(2)20-17(21)16(19)18(3,4)5;/h7-11,16H,6,19H2,1-5H3,(H,20,21);1H/t11?,16-;/m1./s1. The molecule has 5 nitrogen and oxygen atoms in total. The first-order chi connectivity index (χ1) is 10.7. The summed E-state index contributed by atoms with van der Waals surface area (Å²) in [6, 6.07) is 6.83.